The Balaban J connectivity index is 2.11. The number of carbonyl (C=O) groups is 1. The standard InChI is InChI=1S/C14H18N4O3/c1-9(16-12(19)6-7-15)14-17-13(18-21-14)10-4-3-5-11(8-10)20-2/h3-5,8-9H,6-7,15H2,1-2H3,(H,16,19). The molecule has 1 heterocycles. The number of methoxy groups -OCH3 is 1. The molecule has 3 N–H and O–H groups in total. The van der Waals surface area contributed by atoms with Gasteiger partial charge in [0.1, 0.15) is 11.8 Å². The minimum atomic E-state index is -0.365. The topological polar surface area (TPSA) is 103 Å². The SMILES string of the molecule is COc1cccc(-c2noc(C(C)NC(=O)CCN)n2)c1. The van der Waals surface area contributed by atoms with E-state index in [-0.39, 0.29) is 18.4 Å². The molecule has 7 nitrogen and oxygen atoms in total. The zero-order valence-corrected chi connectivity index (χ0v) is 12.0. The smallest absolute Gasteiger partial charge is 0.249 e. The van der Waals surface area contributed by atoms with Gasteiger partial charge in [-0.1, -0.05) is 17.3 Å². The summed E-state index contributed by atoms with van der Waals surface area (Å²) in [6.07, 6.45) is 0.265. The van der Waals surface area contributed by atoms with Crippen molar-refractivity contribution in [2.75, 3.05) is 13.7 Å². The zero-order valence-electron chi connectivity index (χ0n) is 12.0. The second-order valence-corrected chi connectivity index (χ2v) is 4.52. The van der Waals surface area contributed by atoms with Gasteiger partial charge in [-0.3, -0.25) is 4.79 Å². The molecule has 2 aromatic rings. The highest BCUT2D eigenvalue weighted by molar-refractivity contribution is 5.76. The molecule has 1 unspecified atom stereocenters. The maximum Gasteiger partial charge on any atom is 0.249 e. The van der Waals surface area contributed by atoms with Crippen molar-refractivity contribution in [3.63, 3.8) is 0 Å². The van der Waals surface area contributed by atoms with E-state index < -0.39 is 0 Å². The molecule has 0 aliphatic carbocycles. The maximum atomic E-state index is 11.5. The second-order valence-electron chi connectivity index (χ2n) is 4.52. The number of benzene rings is 1. The number of rotatable bonds is 6. The number of hydrogen-bond donors (Lipinski definition) is 2. The van der Waals surface area contributed by atoms with Gasteiger partial charge in [0.05, 0.1) is 7.11 Å². The van der Waals surface area contributed by atoms with Gasteiger partial charge in [-0.25, -0.2) is 0 Å². The summed E-state index contributed by atoms with van der Waals surface area (Å²) in [6, 6.07) is 6.98. The van der Waals surface area contributed by atoms with Gasteiger partial charge < -0.3 is 20.3 Å². The van der Waals surface area contributed by atoms with Crippen molar-refractivity contribution in [2.24, 2.45) is 5.73 Å². The molecule has 1 amide bonds. The molecule has 7 heteroatoms. The molecule has 1 atom stereocenters. The van der Waals surface area contributed by atoms with Gasteiger partial charge in [-0.05, 0) is 19.1 Å². The first-order valence-corrected chi connectivity index (χ1v) is 6.61. The van der Waals surface area contributed by atoms with E-state index in [0.717, 1.165) is 5.56 Å². The van der Waals surface area contributed by atoms with Gasteiger partial charge in [-0.15, -0.1) is 0 Å². The molecule has 0 saturated heterocycles. The summed E-state index contributed by atoms with van der Waals surface area (Å²) < 4.78 is 10.3. The van der Waals surface area contributed by atoms with Gasteiger partial charge in [-0.2, -0.15) is 4.98 Å². The average Bonchev–Trinajstić information content (AvgIpc) is 2.97. The number of ether oxygens (including phenoxy) is 1. The van der Waals surface area contributed by atoms with E-state index in [1.54, 1.807) is 14.0 Å². The summed E-state index contributed by atoms with van der Waals surface area (Å²) in [5.41, 5.74) is 6.11. The van der Waals surface area contributed by atoms with E-state index in [2.05, 4.69) is 15.5 Å². The number of nitrogens with zero attached hydrogens (tertiary/aromatic N) is 2. The molecule has 21 heavy (non-hydrogen) atoms. The first-order chi connectivity index (χ1) is 10.1. The van der Waals surface area contributed by atoms with Crippen molar-refractivity contribution in [2.45, 2.75) is 19.4 Å². The molecule has 0 saturated carbocycles. The summed E-state index contributed by atoms with van der Waals surface area (Å²) in [5, 5.41) is 6.66. The average molecular weight is 290 g/mol. The van der Waals surface area contributed by atoms with Crippen molar-refractivity contribution < 1.29 is 14.1 Å². The number of amides is 1. The number of nitrogens with one attached hydrogen (secondary N) is 1. The molecule has 1 aromatic heterocycles. The van der Waals surface area contributed by atoms with E-state index in [4.69, 9.17) is 15.0 Å². The molecule has 2 rings (SSSR count). The van der Waals surface area contributed by atoms with Crippen LogP contribution in [-0.2, 0) is 4.79 Å². The van der Waals surface area contributed by atoms with Gasteiger partial charge in [0.15, 0.2) is 0 Å². The Morgan fingerprint density at radius 1 is 1.52 bits per heavy atom. The molecular formula is C14H18N4O3. The third-order valence-electron chi connectivity index (χ3n) is 2.89. The Morgan fingerprint density at radius 2 is 2.33 bits per heavy atom. The van der Waals surface area contributed by atoms with Crippen molar-refractivity contribution >= 4 is 5.91 Å². The Morgan fingerprint density at radius 3 is 3.05 bits per heavy atom. The first-order valence-electron chi connectivity index (χ1n) is 6.61. The predicted molar refractivity (Wildman–Crippen MR) is 76.5 cm³/mol. The summed E-state index contributed by atoms with van der Waals surface area (Å²) in [4.78, 5) is 15.8. The largest absolute Gasteiger partial charge is 0.497 e. The highest BCUT2D eigenvalue weighted by Crippen LogP contribution is 2.22. The van der Waals surface area contributed by atoms with E-state index in [1.807, 2.05) is 24.3 Å². The number of carbonyl (C=O) groups excluding carboxylic acids is 1. The van der Waals surface area contributed by atoms with Crippen LogP contribution in [0, 0.1) is 0 Å². The fourth-order valence-corrected chi connectivity index (χ4v) is 1.80. The fraction of sp³-hybridized carbons (Fsp3) is 0.357. The predicted octanol–water partition coefficient (Wildman–Crippen LogP) is 1.27. The summed E-state index contributed by atoms with van der Waals surface area (Å²) >= 11 is 0. The molecule has 0 fully saturated rings. The molecule has 0 aliphatic heterocycles. The summed E-state index contributed by atoms with van der Waals surface area (Å²) in [7, 11) is 1.59. The number of nitrogens with two attached hydrogens (primary N) is 1. The molecule has 0 aliphatic rings. The third kappa shape index (κ3) is 3.79. The van der Waals surface area contributed by atoms with Crippen LogP contribution in [0.15, 0.2) is 28.8 Å². The molecule has 112 valence electrons. The first kappa shape index (κ1) is 15.0. The van der Waals surface area contributed by atoms with Gasteiger partial charge in [0, 0.05) is 18.5 Å². The van der Waals surface area contributed by atoms with Crippen molar-refractivity contribution in [1.82, 2.24) is 15.5 Å². The highest BCUT2D eigenvalue weighted by atomic mass is 16.5. The van der Waals surface area contributed by atoms with Crippen LogP contribution < -0.4 is 15.8 Å². The Labute approximate surface area is 122 Å². The van der Waals surface area contributed by atoms with E-state index in [0.29, 0.717) is 24.0 Å². The minimum Gasteiger partial charge on any atom is -0.497 e. The Hall–Kier alpha value is -2.41. The van der Waals surface area contributed by atoms with Crippen molar-refractivity contribution in [1.29, 1.82) is 0 Å². The van der Waals surface area contributed by atoms with Crippen LogP contribution in [0.5, 0.6) is 5.75 Å². The molecule has 1 aromatic carbocycles. The lowest BCUT2D eigenvalue weighted by atomic mass is 10.2. The van der Waals surface area contributed by atoms with Gasteiger partial charge in [0.25, 0.3) is 0 Å². The Bertz CT molecular complexity index is 612. The lowest BCUT2D eigenvalue weighted by Crippen LogP contribution is -2.28. The minimum absolute atomic E-state index is 0.147. The van der Waals surface area contributed by atoms with E-state index in [9.17, 15) is 4.79 Å². The van der Waals surface area contributed by atoms with Crippen LogP contribution in [0.25, 0.3) is 11.4 Å². The van der Waals surface area contributed by atoms with Crippen molar-refractivity contribution in [3.8, 4) is 17.1 Å². The van der Waals surface area contributed by atoms with Gasteiger partial charge >= 0.3 is 0 Å². The monoisotopic (exact) mass is 290 g/mol. The number of aromatic nitrogens is 2. The lowest BCUT2D eigenvalue weighted by Gasteiger charge is -2.08. The van der Waals surface area contributed by atoms with Crippen LogP contribution in [0.3, 0.4) is 0 Å². The molecule has 0 bridgehead atoms. The molecule has 0 radical (unpaired) electrons. The fourth-order valence-electron chi connectivity index (χ4n) is 1.80. The van der Waals surface area contributed by atoms with Crippen LogP contribution in [-0.4, -0.2) is 29.7 Å². The quantitative estimate of drug-likeness (QED) is 0.830. The molecular weight excluding hydrogens is 272 g/mol. The van der Waals surface area contributed by atoms with Crippen LogP contribution in [0.4, 0.5) is 0 Å². The van der Waals surface area contributed by atoms with Gasteiger partial charge in [0.2, 0.25) is 17.6 Å². The normalized spacial score (nSPS) is 12.0. The van der Waals surface area contributed by atoms with Crippen LogP contribution in [0.1, 0.15) is 25.3 Å². The highest BCUT2D eigenvalue weighted by Gasteiger charge is 2.17. The van der Waals surface area contributed by atoms with E-state index >= 15 is 0 Å². The molecule has 0 spiro atoms. The van der Waals surface area contributed by atoms with E-state index in [1.165, 1.54) is 0 Å². The van der Waals surface area contributed by atoms with Crippen LogP contribution >= 0.6 is 0 Å². The lowest BCUT2D eigenvalue weighted by molar-refractivity contribution is -0.121. The Kier molecular flexibility index (Phi) is 4.89. The van der Waals surface area contributed by atoms with Crippen molar-refractivity contribution in [3.05, 3.63) is 30.2 Å². The number of hydrogen-bond acceptors (Lipinski definition) is 6. The zero-order chi connectivity index (χ0) is 15.2. The second kappa shape index (κ2) is 6.85. The summed E-state index contributed by atoms with van der Waals surface area (Å²) in [6.45, 7) is 2.08. The maximum absolute atomic E-state index is 11.5. The van der Waals surface area contributed by atoms with Crippen LogP contribution in [0.2, 0.25) is 0 Å². The third-order valence-corrected chi connectivity index (χ3v) is 2.89. The summed E-state index contributed by atoms with van der Waals surface area (Å²) in [5.74, 6) is 1.36.